The van der Waals surface area contributed by atoms with Crippen molar-refractivity contribution in [1.29, 1.82) is 0 Å². The Morgan fingerprint density at radius 2 is 2.38 bits per heavy atom. The quantitative estimate of drug-likeness (QED) is 0.885. The van der Waals surface area contributed by atoms with E-state index in [0.29, 0.717) is 5.92 Å². The molecule has 74 valence electrons. The molecule has 0 aromatic carbocycles. The van der Waals surface area contributed by atoms with Crippen molar-refractivity contribution in [1.82, 2.24) is 10.2 Å². The minimum atomic E-state index is 0.479. The van der Waals surface area contributed by atoms with Gasteiger partial charge in [0.2, 0.25) is 5.13 Å². The number of rotatable bonds is 5. The molecule has 4 nitrogen and oxygen atoms in total. The number of ether oxygens (including phenoxy) is 1. The minimum Gasteiger partial charge on any atom is -0.384 e. The van der Waals surface area contributed by atoms with Gasteiger partial charge in [0, 0.05) is 13.7 Å². The molecule has 0 aliphatic carbocycles. The van der Waals surface area contributed by atoms with Crippen LogP contribution in [0.25, 0.3) is 0 Å². The van der Waals surface area contributed by atoms with Crippen molar-refractivity contribution in [3.05, 3.63) is 3.92 Å². The third-order valence-electron chi connectivity index (χ3n) is 1.45. The van der Waals surface area contributed by atoms with E-state index in [-0.39, 0.29) is 0 Å². The average molecular weight is 266 g/mol. The molecular weight excluding hydrogens is 254 g/mol. The van der Waals surface area contributed by atoms with Crippen LogP contribution in [0.3, 0.4) is 0 Å². The van der Waals surface area contributed by atoms with E-state index >= 15 is 0 Å². The van der Waals surface area contributed by atoms with E-state index in [9.17, 15) is 0 Å². The zero-order valence-electron chi connectivity index (χ0n) is 7.58. The summed E-state index contributed by atoms with van der Waals surface area (Å²) < 4.78 is 5.82. The first-order valence-corrected chi connectivity index (χ1v) is 5.55. The predicted molar refractivity (Wildman–Crippen MR) is 57.1 cm³/mol. The van der Waals surface area contributed by atoms with Crippen molar-refractivity contribution in [3.8, 4) is 0 Å². The van der Waals surface area contributed by atoms with Crippen LogP contribution in [0.1, 0.15) is 6.92 Å². The predicted octanol–water partition coefficient (Wildman–Crippen LogP) is 1.99. The first-order chi connectivity index (χ1) is 6.22. The Labute approximate surface area is 89.8 Å². The summed E-state index contributed by atoms with van der Waals surface area (Å²) in [6, 6.07) is 0. The summed E-state index contributed by atoms with van der Waals surface area (Å²) in [5.74, 6) is 0.479. The standard InChI is InChI=1S/C7H12BrN3OS/c1-5(4-12-2)3-9-7-11-10-6(8)13-7/h5H,3-4H2,1-2H3,(H,9,11). The highest BCUT2D eigenvalue weighted by Gasteiger charge is 2.03. The maximum absolute atomic E-state index is 5.02. The van der Waals surface area contributed by atoms with Gasteiger partial charge in [-0.3, -0.25) is 0 Å². The zero-order valence-corrected chi connectivity index (χ0v) is 9.98. The lowest BCUT2D eigenvalue weighted by Gasteiger charge is -2.09. The second-order valence-corrected chi connectivity index (χ2v) is 5.06. The molecule has 6 heteroatoms. The summed E-state index contributed by atoms with van der Waals surface area (Å²) in [7, 11) is 1.71. The minimum absolute atomic E-state index is 0.479. The van der Waals surface area contributed by atoms with Gasteiger partial charge in [0.15, 0.2) is 3.92 Å². The Morgan fingerprint density at radius 1 is 1.62 bits per heavy atom. The Bertz CT molecular complexity index is 256. The van der Waals surface area contributed by atoms with Gasteiger partial charge < -0.3 is 10.1 Å². The van der Waals surface area contributed by atoms with Gasteiger partial charge >= 0.3 is 0 Å². The first-order valence-electron chi connectivity index (χ1n) is 3.94. The molecule has 0 aliphatic rings. The van der Waals surface area contributed by atoms with Gasteiger partial charge in [0.1, 0.15) is 0 Å². The fraction of sp³-hybridized carbons (Fsp3) is 0.714. The van der Waals surface area contributed by atoms with Crippen LogP contribution >= 0.6 is 27.3 Å². The summed E-state index contributed by atoms with van der Waals surface area (Å²) in [4.78, 5) is 0. The average Bonchev–Trinajstić information content (AvgIpc) is 2.49. The van der Waals surface area contributed by atoms with E-state index in [1.807, 2.05) is 0 Å². The van der Waals surface area contributed by atoms with Crippen LogP contribution < -0.4 is 5.32 Å². The van der Waals surface area contributed by atoms with E-state index in [1.165, 1.54) is 11.3 Å². The van der Waals surface area contributed by atoms with E-state index < -0.39 is 0 Å². The van der Waals surface area contributed by atoms with Gasteiger partial charge in [-0.2, -0.15) is 0 Å². The number of methoxy groups -OCH3 is 1. The molecule has 0 spiro atoms. The highest BCUT2D eigenvalue weighted by molar-refractivity contribution is 9.11. The fourth-order valence-corrected chi connectivity index (χ4v) is 1.90. The third kappa shape index (κ3) is 4.02. The van der Waals surface area contributed by atoms with Gasteiger partial charge in [-0.25, -0.2) is 0 Å². The van der Waals surface area contributed by atoms with Gasteiger partial charge in [0.05, 0.1) is 6.61 Å². The molecule has 1 atom stereocenters. The molecule has 0 fully saturated rings. The number of nitrogens with zero attached hydrogens (tertiary/aromatic N) is 2. The molecule has 0 aliphatic heterocycles. The Morgan fingerprint density at radius 3 is 2.92 bits per heavy atom. The van der Waals surface area contributed by atoms with Gasteiger partial charge in [-0.05, 0) is 21.8 Å². The number of hydrogen-bond donors (Lipinski definition) is 1. The molecule has 1 heterocycles. The topological polar surface area (TPSA) is 47.0 Å². The third-order valence-corrected chi connectivity index (χ3v) is 2.77. The van der Waals surface area contributed by atoms with Crippen LogP contribution in [-0.2, 0) is 4.74 Å². The number of halogens is 1. The Kier molecular flexibility index (Phi) is 4.61. The van der Waals surface area contributed by atoms with Crippen LogP contribution in [0.4, 0.5) is 5.13 Å². The smallest absolute Gasteiger partial charge is 0.206 e. The molecule has 0 radical (unpaired) electrons. The Balaban J connectivity index is 2.26. The van der Waals surface area contributed by atoms with E-state index in [0.717, 1.165) is 22.2 Å². The summed E-state index contributed by atoms with van der Waals surface area (Å²) in [5.41, 5.74) is 0. The van der Waals surface area contributed by atoms with E-state index in [4.69, 9.17) is 4.74 Å². The van der Waals surface area contributed by atoms with E-state index in [2.05, 4.69) is 38.4 Å². The van der Waals surface area contributed by atoms with Crippen molar-refractivity contribution >= 4 is 32.4 Å². The second-order valence-electron chi connectivity index (χ2n) is 2.80. The molecule has 0 bridgehead atoms. The SMILES string of the molecule is COCC(C)CNc1nnc(Br)s1. The van der Waals surface area contributed by atoms with Crippen molar-refractivity contribution in [2.75, 3.05) is 25.6 Å². The lowest BCUT2D eigenvalue weighted by atomic mass is 10.2. The van der Waals surface area contributed by atoms with Crippen molar-refractivity contribution in [2.45, 2.75) is 6.92 Å². The van der Waals surface area contributed by atoms with Crippen LogP contribution in [0, 0.1) is 5.92 Å². The molecule has 1 aromatic rings. The molecule has 1 unspecified atom stereocenters. The summed E-state index contributed by atoms with van der Waals surface area (Å²) in [6.07, 6.45) is 0. The lowest BCUT2D eigenvalue weighted by molar-refractivity contribution is 0.164. The normalized spacial score (nSPS) is 12.8. The monoisotopic (exact) mass is 265 g/mol. The highest BCUT2D eigenvalue weighted by Crippen LogP contribution is 2.20. The van der Waals surface area contributed by atoms with Crippen LogP contribution in [0.5, 0.6) is 0 Å². The summed E-state index contributed by atoms with van der Waals surface area (Å²) >= 11 is 4.74. The van der Waals surface area contributed by atoms with Gasteiger partial charge in [0.25, 0.3) is 0 Å². The second kappa shape index (κ2) is 5.51. The van der Waals surface area contributed by atoms with Crippen LogP contribution in [-0.4, -0.2) is 30.5 Å². The maximum Gasteiger partial charge on any atom is 0.206 e. The summed E-state index contributed by atoms with van der Waals surface area (Å²) in [6.45, 7) is 3.73. The van der Waals surface area contributed by atoms with Gasteiger partial charge in [-0.15, -0.1) is 10.2 Å². The number of nitrogens with one attached hydrogen (secondary N) is 1. The van der Waals surface area contributed by atoms with Crippen LogP contribution in [0.15, 0.2) is 3.92 Å². The van der Waals surface area contributed by atoms with E-state index in [1.54, 1.807) is 7.11 Å². The summed E-state index contributed by atoms with van der Waals surface area (Å²) in [5, 5.41) is 11.8. The Hall–Kier alpha value is -0.200. The molecule has 1 N–H and O–H groups in total. The lowest BCUT2D eigenvalue weighted by Crippen LogP contribution is -2.15. The maximum atomic E-state index is 5.02. The van der Waals surface area contributed by atoms with Crippen molar-refractivity contribution in [3.63, 3.8) is 0 Å². The van der Waals surface area contributed by atoms with Crippen molar-refractivity contribution < 1.29 is 4.74 Å². The van der Waals surface area contributed by atoms with Crippen LogP contribution in [0.2, 0.25) is 0 Å². The largest absolute Gasteiger partial charge is 0.384 e. The fourth-order valence-electron chi connectivity index (χ4n) is 0.882. The molecule has 0 amide bonds. The first kappa shape index (κ1) is 10.9. The number of aromatic nitrogens is 2. The highest BCUT2D eigenvalue weighted by atomic mass is 79.9. The molecular formula is C7H12BrN3OS. The zero-order chi connectivity index (χ0) is 9.68. The van der Waals surface area contributed by atoms with Crippen molar-refractivity contribution in [2.24, 2.45) is 5.92 Å². The molecule has 13 heavy (non-hydrogen) atoms. The van der Waals surface area contributed by atoms with Gasteiger partial charge in [-0.1, -0.05) is 18.3 Å². The molecule has 0 saturated heterocycles. The molecule has 1 rings (SSSR count). The molecule has 1 aromatic heterocycles. The number of anilines is 1. The number of hydrogen-bond acceptors (Lipinski definition) is 5. The molecule has 0 saturated carbocycles.